The number of nitrogens with one attached hydrogen (secondary N) is 1. The van der Waals surface area contributed by atoms with Gasteiger partial charge >= 0.3 is 0 Å². The second-order valence-electron chi connectivity index (χ2n) is 8.71. The van der Waals surface area contributed by atoms with Crippen LogP contribution in [0, 0.1) is 0 Å². The van der Waals surface area contributed by atoms with Gasteiger partial charge in [-0.15, -0.1) is 0 Å². The number of aromatic nitrogens is 1. The van der Waals surface area contributed by atoms with Crippen LogP contribution in [0.5, 0.6) is 11.5 Å². The molecule has 0 fully saturated rings. The Hall–Kier alpha value is -3.91. The highest BCUT2D eigenvalue weighted by molar-refractivity contribution is 8.00. The summed E-state index contributed by atoms with van der Waals surface area (Å²) in [6, 6.07) is 22.1. The molecule has 1 aromatic heterocycles. The van der Waals surface area contributed by atoms with Crippen LogP contribution in [-0.2, 0) is 23.2 Å². The number of carbonyl (C=O) groups is 2. The van der Waals surface area contributed by atoms with Gasteiger partial charge in [0.25, 0.3) is 0 Å². The van der Waals surface area contributed by atoms with Gasteiger partial charge in [-0.2, -0.15) is 0 Å². The first-order valence-corrected chi connectivity index (χ1v) is 13.2. The molecule has 4 aromatic rings. The number of hydrogen-bond acceptors (Lipinski definition) is 5. The lowest BCUT2D eigenvalue weighted by atomic mass is 10.0. The molecule has 3 aromatic carbocycles. The van der Waals surface area contributed by atoms with E-state index in [1.54, 1.807) is 12.0 Å². The third kappa shape index (κ3) is 4.64. The molecule has 0 saturated carbocycles. The molecule has 37 heavy (non-hydrogen) atoms. The number of aryl methyl sites for hydroxylation is 1. The number of amides is 2. The van der Waals surface area contributed by atoms with Crippen molar-refractivity contribution in [2.75, 3.05) is 24.4 Å². The zero-order chi connectivity index (χ0) is 25.9. The van der Waals surface area contributed by atoms with E-state index in [1.807, 2.05) is 86.8 Å². The van der Waals surface area contributed by atoms with Crippen molar-refractivity contribution in [2.45, 2.75) is 24.5 Å². The van der Waals surface area contributed by atoms with Crippen LogP contribution in [0.3, 0.4) is 0 Å². The van der Waals surface area contributed by atoms with Crippen LogP contribution >= 0.6 is 11.8 Å². The standard InChI is InChI=1S/C29H29N3O4S/c1-4-36-21-15-13-20(14-16-21)32-25(33)18-37-29-26(22-10-6-7-11-23(22)31(29)2)27(32)28(34)30-17-19-9-5-8-12-24(19)35-3/h5-16,27H,4,17-18H2,1-3H3,(H,30,34)/t27-/m0/s1. The Labute approximate surface area is 220 Å². The first-order valence-electron chi connectivity index (χ1n) is 12.2. The fourth-order valence-electron chi connectivity index (χ4n) is 4.85. The van der Waals surface area contributed by atoms with Crippen molar-refractivity contribution in [1.82, 2.24) is 9.88 Å². The largest absolute Gasteiger partial charge is 0.496 e. The van der Waals surface area contributed by atoms with E-state index < -0.39 is 6.04 Å². The van der Waals surface area contributed by atoms with Gasteiger partial charge in [-0.3, -0.25) is 14.5 Å². The molecule has 5 rings (SSSR count). The lowest BCUT2D eigenvalue weighted by Gasteiger charge is -2.30. The third-order valence-electron chi connectivity index (χ3n) is 6.54. The summed E-state index contributed by atoms with van der Waals surface area (Å²) in [5.74, 6) is 1.25. The Kier molecular flexibility index (Phi) is 7.10. The number of fused-ring (bicyclic) bond motifs is 3. The molecule has 0 bridgehead atoms. The van der Waals surface area contributed by atoms with Gasteiger partial charge in [-0.1, -0.05) is 48.2 Å². The number of benzene rings is 3. The molecule has 2 heterocycles. The molecular weight excluding hydrogens is 486 g/mol. The summed E-state index contributed by atoms with van der Waals surface area (Å²) in [5.41, 5.74) is 3.36. The van der Waals surface area contributed by atoms with Gasteiger partial charge in [0.05, 0.1) is 24.5 Å². The third-order valence-corrected chi connectivity index (χ3v) is 7.70. The second kappa shape index (κ2) is 10.6. The number of hydrogen-bond donors (Lipinski definition) is 1. The number of ether oxygens (including phenoxy) is 2. The number of rotatable bonds is 7. The molecule has 0 radical (unpaired) electrons. The van der Waals surface area contributed by atoms with E-state index >= 15 is 0 Å². The molecule has 190 valence electrons. The summed E-state index contributed by atoms with van der Waals surface area (Å²) < 4.78 is 13.1. The smallest absolute Gasteiger partial charge is 0.248 e. The number of carbonyl (C=O) groups excluding carboxylic acids is 2. The van der Waals surface area contributed by atoms with Crippen LogP contribution in [-0.4, -0.2) is 35.9 Å². The Balaban J connectivity index is 1.61. The Morgan fingerprint density at radius 2 is 1.78 bits per heavy atom. The van der Waals surface area contributed by atoms with Crippen molar-refractivity contribution in [3.63, 3.8) is 0 Å². The van der Waals surface area contributed by atoms with E-state index in [-0.39, 0.29) is 24.1 Å². The summed E-state index contributed by atoms with van der Waals surface area (Å²) >= 11 is 1.47. The number of para-hydroxylation sites is 2. The van der Waals surface area contributed by atoms with Gasteiger partial charge in [0, 0.05) is 41.3 Å². The summed E-state index contributed by atoms with van der Waals surface area (Å²) in [7, 11) is 3.59. The van der Waals surface area contributed by atoms with E-state index in [1.165, 1.54) is 11.8 Å². The maximum atomic E-state index is 14.0. The summed E-state index contributed by atoms with van der Waals surface area (Å²) in [4.78, 5) is 29.3. The molecule has 0 unspecified atom stereocenters. The van der Waals surface area contributed by atoms with Gasteiger partial charge in [0.2, 0.25) is 11.8 Å². The quantitative estimate of drug-likeness (QED) is 0.372. The van der Waals surface area contributed by atoms with Crippen molar-refractivity contribution in [3.05, 3.63) is 83.9 Å². The van der Waals surface area contributed by atoms with Crippen LogP contribution in [0.15, 0.2) is 77.8 Å². The first-order chi connectivity index (χ1) is 18.0. The molecule has 8 heteroatoms. The average molecular weight is 516 g/mol. The van der Waals surface area contributed by atoms with Crippen molar-refractivity contribution >= 4 is 40.2 Å². The lowest BCUT2D eigenvalue weighted by molar-refractivity contribution is -0.125. The number of nitrogens with zero attached hydrogens (tertiary/aromatic N) is 2. The van der Waals surface area contributed by atoms with Crippen molar-refractivity contribution in [1.29, 1.82) is 0 Å². The Morgan fingerprint density at radius 1 is 1.05 bits per heavy atom. The van der Waals surface area contributed by atoms with E-state index in [2.05, 4.69) is 9.88 Å². The molecule has 0 aliphatic carbocycles. The van der Waals surface area contributed by atoms with Crippen molar-refractivity contribution in [2.24, 2.45) is 7.05 Å². The minimum atomic E-state index is -0.851. The summed E-state index contributed by atoms with van der Waals surface area (Å²) in [6.07, 6.45) is 0. The maximum absolute atomic E-state index is 14.0. The van der Waals surface area contributed by atoms with Crippen molar-refractivity contribution in [3.8, 4) is 11.5 Å². The van der Waals surface area contributed by atoms with E-state index in [0.29, 0.717) is 23.8 Å². The molecule has 1 aliphatic heterocycles. The zero-order valence-electron chi connectivity index (χ0n) is 21.1. The van der Waals surface area contributed by atoms with Crippen LogP contribution in [0.25, 0.3) is 10.9 Å². The topological polar surface area (TPSA) is 72.8 Å². The fraction of sp³-hybridized carbons (Fsp3) is 0.241. The molecule has 1 atom stereocenters. The Morgan fingerprint density at radius 3 is 2.54 bits per heavy atom. The highest BCUT2D eigenvalue weighted by Crippen LogP contribution is 2.43. The molecule has 1 N–H and O–H groups in total. The van der Waals surface area contributed by atoms with Gasteiger partial charge in [-0.25, -0.2) is 0 Å². The van der Waals surface area contributed by atoms with E-state index in [4.69, 9.17) is 9.47 Å². The first kappa shape index (κ1) is 24.8. The molecule has 0 saturated heterocycles. The van der Waals surface area contributed by atoms with E-state index in [9.17, 15) is 9.59 Å². The van der Waals surface area contributed by atoms with Crippen LogP contribution in [0.4, 0.5) is 5.69 Å². The SMILES string of the molecule is CCOc1ccc(N2C(=O)CSc3c(c4ccccc4n3C)[C@H]2C(=O)NCc2ccccc2OC)cc1. The van der Waals surface area contributed by atoms with Gasteiger partial charge in [0.1, 0.15) is 17.5 Å². The Bertz CT molecular complexity index is 1450. The predicted octanol–water partition coefficient (Wildman–Crippen LogP) is 5.08. The normalized spacial score (nSPS) is 15.3. The van der Waals surface area contributed by atoms with E-state index in [0.717, 1.165) is 27.1 Å². The monoisotopic (exact) mass is 515 g/mol. The lowest BCUT2D eigenvalue weighted by Crippen LogP contribution is -2.43. The van der Waals surface area contributed by atoms with Gasteiger partial charge in [0.15, 0.2) is 0 Å². The minimum absolute atomic E-state index is 0.133. The van der Waals surface area contributed by atoms with Crippen LogP contribution < -0.4 is 19.7 Å². The molecule has 2 amide bonds. The molecule has 1 aliphatic rings. The van der Waals surface area contributed by atoms with Crippen molar-refractivity contribution < 1.29 is 19.1 Å². The molecular formula is C29H29N3O4S. The average Bonchev–Trinajstić information content (AvgIpc) is 3.10. The van der Waals surface area contributed by atoms with Crippen LogP contribution in [0.1, 0.15) is 24.1 Å². The fourth-order valence-corrected chi connectivity index (χ4v) is 5.92. The number of thioether (sulfide) groups is 1. The zero-order valence-corrected chi connectivity index (χ0v) is 21.9. The predicted molar refractivity (Wildman–Crippen MR) is 146 cm³/mol. The summed E-state index contributed by atoms with van der Waals surface area (Å²) in [5, 5.41) is 4.95. The summed E-state index contributed by atoms with van der Waals surface area (Å²) in [6.45, 7) is 2.75. The number of methoxy groups -OCH3 is 1. The molecule has 7 nitrogen and oxygen atoms in total. The second-order valence-corrected chi connectivity index (χ2v) is 9.67. The van der Waals surface area contributed by atoms with Gasteiger partial charge in [-0.05, 0) is 43.3 Å². The molecule has 0 spiro atoms. The maximum Gasteiger partial charge on any atom is 0.248 e. The van der Waals surface area contributed by atoms with Gasteiger partial charge < -0.3 is 19.4 Å². The highest BCUT2D eigenvalue weighted by Gasteiger charge is 2.39. The van der Waals surface area contributed by atoms with Crippen LogP contribution in [0.2, 0.25) is 0 Å². The minimum Gasteiger partial charge on any atom is -0.496 e. The number of anilines is 1. The highest BCUT2D eigenvalue weighted by atomic mass is 32.2.